The molecule has 12 heteroatoms. The van der Waals surface area contributed by atoms with Gasteiger partial charge in [0.15, 0.2) is 5.75 Å². The van der Waals surface area contributed by atoms with Crippen molar-refractivity contribution in [2.45, 2.75) is 33.9 Å². The smallest absolute Gasteiger partial charge is 0.292 e. The van der Waals surface area contributed by atoms with Gasteiger partial charge < -0.3 is 0 Å². The summed E-state index contributed by atoms with van der Waals surface area (Å²) >= 11 is 1.15. The molecule has 0 amide bonds. The Morgan fingerprint density at radius 3 is 2.39 bits per heavy atom. The van der Waals surface area contributed by atoms with Crippen LogP contribution in [-0.4, -0.2) is 19.5 Å². The zero-order valence-electron chi connectivity index (χ0n) is 19.8. The van der Waals surface area contributed by atoms with E-state index in [0.717, 1.165) is 35.3 Å². The molecule has 2 aromatic heterocycles. The van der Waals surface area contributed by atoms with E-state index in [1.807, 2.05) is 19.9 Å². The van der Waals surface area contributed by atoms with E-state index >= 15 is 0 Å². The highest BCUT2D eigenvalue weighted by Crippen LogP contribution is 2.41. The number of benzene rings is 2. The second-order valence-electron chi connectivity index (χ2n) is 8.23. The maximum Gasteiger partial charge on any atom is 0.431 e. The van der Waals surface area contributed by atoms with E-state index in [9.17, 15) is 27.6 Å². The number of nitrogens with zero attached hydrogens (tertiary/aromatic N) is 3. The SMILES string of the molecule is CC(=O)OOc1c(-c2nsc3ccc(-n4c(=O)cc(C(F)(F)F)n(C)c4=O)cc23)cc(C)c(C)c1C. The molecule has 0 saturated carbocycles. The summed E-state index contributed by atoms with van der Waals surface area (Å²) in [7, 11) is 0.952. The van der Waals surface area contributed by atoms with Crippen LogP contribution in [0.15, 0.2) is 39.9 Å². The van der Waals surface area contributed by atoms with Gasteiger partial charge in [0.25, 0.3) is 5.56 Å². The third-order valence-corrected chi connectivity index (χ3v) is 6.75. The summed E-state index contributed by atoms with van der Waals surface area (Å²) in [6.07, 6.45) is -4.86. The minimum absolute atomic E-state index is 0.0753. The van der Waals surface area contributed by atoms with Crippen LogP contribution in [0.25, 0.3) is 27.0 Å². The first-order valence-electron chi connectivity index (χ1n) is 10.6. The minimum Gasteiger partial charge on any atom is -0.292 e. The molecule has 0 spiro atoms. The lowest BCUT2D eigenvalue weighted by Gasteiger charge is -2.15. The van der Waals surface area contributed by atoms with Crippen molar-refractivity contribution in [3.8, 4) is 22.7 Å². The Balaban J connectivity index is 1.96. The van der Waals surface area contributed by atoms with Crippen LogP contribution in [0.5, 0.6) is 5.75 Å². The standard InChI is InChI=1S/C24H20F3N3O5S/c1-11-8-17(22(13(3)12(11)2)35-34-14(4)31)21-16-9-15(6-7-18(16)36-28-21)30-20(32)10-19(24(25,26)27)29(5)23(30)33/h6-10H,1-5H3. The number of rotatable bonds is 4. The predicted octanol–water partition coefficient (Wildman–Crippen LogP) is 4.61. The minimum atomic E-state index is -4.86. The lowest BCUT2D eigenvalue weighted by Crippen LogP contribution is -2.40. The van der Waals surface area contributed by atoms with Gasteiger partial charge in [-0.15, -0.1) is 0 Å². The zero-order valence-corrected chi connectivity index (χ0v) is 20.6. The topological polar surface area (TPSA) is 92.4 Å². The number of carbonyl (C=O) groups excluding carboxylic acids is 1. The molecular formula is C24H20F3N3O5S. The number of hydrogen-bond acceptors (Lipinski definition) is 7. The monoisotopic (exact) mass is 519 g/mol. The highest BCUT2D eigenvalue weighted by molar-refractivity contribution is 7.13. The van der Waals surface area contributed by atoms with Gasteiger partial charge in [-0.2, -0.15) is 17.5 Å². The number of fused-ring (bicyclic) bond motifs is 1. The Labute approximate surface area is 206 Å². The molecule has 0 aliphatic carbocycles. The molecule has 0 bridgehead atoms. The lowest BCUT2D eigenvalue weighted by molar-refractivity contribution is -0.210. The summed E-state index contributed by atoms with van der Waals surface area (Å²) < 4.78 is 46.0. The van der Waals surface area contributed by atoms with Crippen LogP contribution in [0.1, 0.15) is 29.3 Å². The van der Waals surface area contributed by atoms with E-state index < -0.39 is 29.1 Å². The molecule has 0 N–H and O–H groups in total. The van der Waals surface area contributed by atoms with Crippen molar-refractivity contribution in [3.63, 3.8) is 0 Å². The van der Waals surface area contributed by atoms with E-state index in [-0.39, 0.29) is 11.4 Å². The van der Waals surface area contributed by atoms with Gasteiger partial charge in [-0.1, -0.05) is 0 Å². The average molecular weight is 520 g/mol. The molecule has 4 aromatic rings. The third kappa shape index (κ3) is 4.28. The van der Waals surface area contributed by atoms with Crippen LogP contribution >= 0.6 is 11.5 Å². The summed E-state index contributed by atoms with van der Waals surface area (Å²) in [4.78, 5) is 46.9. The van der Waals surface area contributed by atoms with Gasteiger partial charge in [-0.25, -0.2) is 14.2 Å². The number of halogens is 3. The van der Waals surface area contributed by atoms with Crippen LogP contribution < -0.4 is 16.1 Å². The van der Waals surface area contributed by atoms with Crippen molar-refractivity contribution < 1.29 is 27.7 Å². The lowest BCUT2D eigenvalue weighted by atomic mass is 9.96. The Kier molecular flexibility index (Phi) is 6.25. The molecule has 0 fully saturated rings. The molecule has 0 aliphatic heterocycles. The van der Waals surface area contributed by atoms with Crippen molar-refractivity contribution in [2.75, 3.05) is 0 Å². The molecular weight excluding hydrogens is 499 g/mol. The van der Waals surface area contributed by atoms with E-state index in [4.69, 9.17) is 9.78 Å². The summed E-state index contributed by atoms with van der Waals surface area (Å²) in [5.41, 5.74) is -0.0258. The molecule has 8 nitrogen and oxygen atoms in total. The maximum absolute atomic E-state index is 13.2. The van der Waals surface area contributed by atoms with E-state index in [1.165, 1.54) is 19.1 Å². The third-order valence-electron chi connectivity index (χ3n) is 5.92. The molecule has 0 aliphatic rings. The van der Waals surface area contributed by atoms with Crippen LogP contribution in [0.4, 0.5) is 13.2 Å². The van der Waals surface area contributed by atoms with Gasteiger partial charge in [0.2, 0.25) is 0 Å². The maximum atomic E-state index is 13.2. The number of hydrogen-bond donors (Lipinski definition) is 0. The predicted molar refractivity (Wildman–Crippen MR) is 128 cm³/mol. The Morgan fingerprint density at radius 2 is 1.75 bits per heavy atom. The fraction of sp³-hybridized carbons (Fsp3) is 0.250. The van der Waals surface area contributed by atoms with Gasteiger partial charge >= 0.3 is 17.8 Å². The first-order chi connectivity index (χ1) is 16.8. The summed E-state index contributed by atoms with van der Waals surface area (Å²) in [6.45, 7) is 6.78. The normalized spacial score (nSPS) is 11.7. The number of alkyl halides is 3. The van der Waals surface area contributed by atoms with Gasteiger partial charge in [-0.3, -0.25) is 19.1 Å². The molecule has 4 rings (SSSR count). The Hall–Kier alpha value is -3.93. The molecule has 36 heavy (non-hydrogen) atoms. The Morgan fingerprint density at radius 1 is 1.06 bits per heavy atom. The molecule has 0 saturated heterocycles. The van der Waals surface area contributed by atoms with Crippen molar-refractivity contribution >= 4 is 27.6 Å². The fourth-order valence-electron chi connectivity index (χ4n) is 3.84. The van der Waals surface area contributed by atoms with E-state index in [0.29, 0.717) is 36.5 Å². The molecule has 0 unspecified atom stereocenters. The second kappa shape index (κ2) is 8.94. The van der Waals surface area contributed by atoms with Gasteiger partial charge in [0.1, 0.15) is 5.69 Å². The van der Waals surface area contributed by atoms with Crippen LogP contribution in [0.2, 0.25) is 0 Å². The van der Waals surface area contributed by atoms with Crippen molar-refractivity contribution in [3.05, 3.63) is 73.6 Å². The largest absolute Gasteiger partial charge is 0.431 e. The number of aromatic nitrogens is 3. The van der Waals surface area contributed by atoms with Crippen molar-refractivity contribution in [1.82, 2.24) is 13.5 Å². The molecule has 2 heterocycles. The van der Waals surface area contributed by atoms with E-state index in [2.05, 4.69) is 4.37 Å². The second-order valence-corrected chi connectivity index (χ2v) is 9.04. The summed E-state index contributed by atoms with van der Waals surface area (Å²) in [5.74, 6) is -0.380. The molecule has 0 atom stereocenters. The van der Waals surface area contributed by atoms with Gasteiger partial charge in [0.05, 0.1) is 16.1 Å². The average Bonchev–Trinajstić information content (AvgIpc) is 3.21. The highest BCUT2D eigenvalue weighted by Gasteiger charge is 2.35. The van der Waals surface area contributed by atoms with Crippen molar-refractivity contribution in [2.24, 2.45) is 7.05 Å². The number of carbonyl (C=O) groups is 1. The molecule has 2 aromatic carbocycles. The molecule has 0 radical (unpaired) electrons. The number of aryl methyl sites for hydroxylation is 1. The zero-order chi connectivity index (χ0) is 26.5. The highest BCUT2D eigenvalue weighted by atomic mass is 32.1. The quantitative estimate of drug-likeness (QED) is 0.289. The van der Waals surface area contributed by atoms with Crippen LogP contribution in [0.3, 0.4) is 0 Å². The van der Waals surface area contributed by atoms with E-state index in [1.54, 1.807) is 13.0 Å². The molecule has 188 valence electrons. The van der Waals surface area contributed by atoms with Crippen molar-refractivity contribution in [1.29, 1.82) is 0 Å². The summed E-state index contributed by atoms with van der Waals surface area (Å²) in [6, 6.07) is 6.78. The summed E-state index contributed by atoms with van der Waals surface area (Å²) in [5, 5.41) is 0.529. The first kappa shape index (κ1) is 25.2. The van der Waals surface area contributed by atoms with Crippen LogP contribution in [0, 0.1) is 20.8 Å². The van der Waals surface area contributed by atoms with Gasteiger partial charge in [0, 0.05) is 36.6 Å². The fourth-order valence-corrected chi connectivity index (χ4v) is 4.61. The first-order valence-corrected chi connectivity index (χ1v) is 11.3. The van der Waals surface area contributed by atoms with Crippen LogP contribution in [-0.2, 0) is 22.9 Å². The van der Waals surface area contributed by atoms with Gasteiger partial charge in [-0.05, 0) is 67.7 Å². The Bertz CT molecular complexity index is 1650.